The number of benzene rings is 2. The second-order valence-electron chi connectivity index (χ2n) is 6.30. The summed E-state index contributed by atoms with van der Waals surface area (Å²) in [5.74, 6) is 0.223. The minimum Gasteiger partial charge on any atom is -0.482 e. The van der Waals surface area contributed by atoms with Crippen molar-refractivity contribution in [3.05, 3.63) is 64.4 Å². The first-order chi connectivity index (χ1) is 14.0. The van der Waals surface area contributed by atoms with Gasteiger partial charge in [0, 0.05) is 0 Å². The van der Waals surface area contributed by atoms with Gasteiger partial charge in [-0.25, -0.2) is 4.68 Å². The molecular formula is C19H15Cl2N5O3. The molecule has 4 rings (SSSR count). The summed E-state index contributed by atoms with van der Waals surface area (Å²) in [6, 6.07) is 11.7. The topological polar surface area (TPSA) is 98.1 Å². The molecule has 0 fully saturated rings. The van der Waals surface area contributed by atoms with Gasteiger partial charge >= 0.3 is 0 Å². The number of carbonyl (C=O) groups is 2. The van der Waals surface area contributed by atoms with Crippen molar-refractivity contribution in [2.24, 2.45) is 0 Å². The van der Waals surface area contributed by atoms with Crippen LogP contribution >= 0.6 is 23.2 Å². The fourth-order valence-electron chi connectivity index (χ4n) is 3.00. The maximum absolute atomic E-state index is 12.1. The Morgan fingerprint density at radius 3 is 2.86 bits per heavy atom. The summed E-state index contributed by atoms with van der Waals surface area (Å²) in [4.78, 5) is 28.0. The molecule has 0 radical (unpaired) electrons. The third-order valence-corrected chi connectivity index (χ3v) is 4.97. The fourth-order valence-corrected chi connectivity index (χ4v) is 3.42. The summed E-state index contributed by atoms with van der Waals surface area (Å²) in [6.45, 7) is -0.233. The molecule has 2 aromatic carbocycles. The van der Waals surface area contributed by atoms with Crippen LogP contribution in [-0.2, 0) is 9.59 Å². The van der Waals surface area contributed by atoms with Crippen LogP contribution in [0.25, 0.3) is 0 Å². The number of nitrogens with zero attached hydrogens (tertiary/aromatic N) is 3. The maximum atomic E-state index is 12.1. The molecule has 0 saturated heterocycles. The molecule has 0 unspecified atom stereocenters. The number of anilines is 2. The number of hydrogen-bond acceptors (Lipinski definition) is 5. The van der Waals surface area contributed by atoms with Crippen molar-refractivity contribution >= 4 is 46.7 Å². The zero-order valence-corrected chi connectivity index (χ0v) is 16.4. The Kier molecular flexibility index (Phi) is 5.37. The van der Waals surface area contributed by atoms with Gasteiger partial charge in [-0.1, -0.05) is 41.4 Å². The average molecular weight is 432 g/mol. The maximum Gasteiger partial charge on any atom is 0.262 e. The highest BCUT2D eigenvalue weighted by atomic mass is 35.5. The van der Waals surface area contributed by atoms with E-state index in [4.69, 9.17) is 27.9 Å². The van der Waals surface area contributed by atoms with Crippen molar-refractivity contribution in [2.45, 2.75) is 12.5 Å². The van der Waals surface area contributed by atoms with E-state index in [0.717, 1.165) is 5.56 Å². The molecule has 1 atom stereocenters. The predicted molar refractivity (Wildman–Crippen MR) is 108 cm³/mol. The monoisotopic (exact) mass is 431 g/mol. The zero-order valence-electron chi connectivity index (χ0n) is 14.9. The first-order valence-electron chi connectivity index (χ1n) is 8.67. The molecule has 1 aromatic heterocycles. The number of para-hydroxylation sites is 1. The van der Waals surface area contributed by atoms with Gasteiger partial charge < -0.3 is 10.1 Å². The normalized spacial score (nSPS) is 15.4. The highest BCUT2D eigenvalue weighted by Gasteiger charge is 2.28. The van der Waals surface area contributed by atoms with Gasteiger partial charge in [0.1, 0.15) is 12.1 Å². The average Bonchev–Trinajstić information content (AvgIpc) is 3.16. The molecule has 2 heterocycles. The van der Waals surface area contributed by atoms with Crippen LogP contribution in [0.4, 0.5) is 11.6 Å². The Morgan fingerprint density at radius 1 is 1.24 bits per heavy atom. The Morgan fingerprint density at radius 2 is 2.07 bits per heavy atom. The van der Waals surface area contributed by atoms with Gasteiger partial charge in [0.15, 0.2) is 6.61 Å². The van der Waals surface area contributed by atoms with Crippen LogP contribution < -0.4 is 15.4 Å². The molecule has 3 aromatic rings. The van der Waals surface area contributed by atoms with E-state index in [1.54, 1.807) is 47.1 Å². The van der Waals surface area contributed by atoms with Crippen LogP contribution in [0, 0.1) is 0 Å². The smallest absolute Gasteiger partial charge is 0.262 e. The second kappa shape index (κ2) is 8.10. The minimum absolute atomic E-state index is 0.150. The molecule has 2 amide bonds. The molecule has 148 valence electrons. The summed E-state index contributed by atoms with van der Waals surface area (Å²) >= 11 is 12.4. The van der Waals surface area contributed by atoms with Gasteiger partial charge in [0.2, 0.25) is 11.9 Å². The van der Waals surface area contributed by atoms with Crippen LogP contribution in [-0.4, -0.2) is 33.2 Å². The number of amides is 2. The Hall–Kier alpha value is -3.10. The number of fused-ring (bicyclic) bond motifs is 1. The summed E-state index contributed by atoms with van der Waals surface area (Å²) < 4.78 is 7.16. The van der Waals surface area contributed by atoms with Crippen molar-refractivity contribution in [3.8, 4) is 5.75 Å². The lowest BCUT2D eigenvalue weighted by Gasteiger charge is -2.24. The van der Waals surface area contributed by atoms with Crippen LogP contribution in [0.15, 0.2) is 48.8 Å². The van der Waals surface area contributed by atoms with Crippen LogP contribution in [0.1, 0.15) is 18.0 Å². The van der Waals surface area contributed by atoms with Crippen molar-refractivity contribution in [2.75, 3.05) is 17.2 Å². The molecule has 1 aliphatic heterocycles. The van der Waals surface area contributed by atoms with Gasteiger partial charge in [-0.05, 0) is 29.8 Å². The number of rotatable bonds is 5. The summed E-state index contributed by atoms with van der Waals surface area (Å²) in [5.41, 5.74) is 1.29. The third kappa shape index (κ3) is 4.18. The van der Waals surface area contributed by atoms with E-state index in [1.807, 2.05) is 0 Å². The van der Waals surface area contributed by atoms with Gasteiger partial charge in [0.05, 0.1) is 28.2 Å². The first kappa shape index (κ1) is 19.2. The molecular weight excluding hydrogens is 417 g/mol. The van der Waals surface area contributed by atoms with E-state index in [2.05, 4.69) is 20.7 Å². The highest BCUT2D eigenvalue weighted by molar-refractivity contribution is 6.33. The number of hydrogen-bond donors (Lipinski definition) is 2. The van der Waals surface area contributed by atoms with Crippen molar-refractivity contribution in [1.82, 2.24) is 14.8 Å². The number of ether oxygens (including phenoxy) is 1. The lowest BCUT2D eigenvalue weighted by Crippen LogP contribution is -2.29. The van der Waals surface area contributed by atoms with E-state index in [9.17, 15) is 9.59 Å². The number of carbonyl (C=O) groups excluding carboxylic acids is 2. The Balaban J connectivity index is 1.44. The molecule has 0 bridgehead atoms. The summed E-state index contributed by atoms with van der Waals surface area (Å²) in [5, 5.41) is 10.3. The molecule has 2 N–H and O–H groups in total. The summed E-state index contributed by atoms with van der Waals surface area (Å²) in [7, 11) is 0. The lowest BCUT2D eigenvalue weighted by atomic mass is 10.0. The number of halogens is 2. The zero-order chi connectivity index (χ0) is 20.4. The van der Waals surface area contributed by atoms with Crippen molar-refractivity contribution in [3.63, 3.8) is 0 Å². The van der Waals surface area contributed by atoms with E-state index < -0.39 is 0 Å². The van der Waals surface area contributed by atoms with Gasteiger partial charge in [-0.3, -0.25) is 14.9 Å². The summed E-state index contributed by atoms with van der Waals surface area (Å²) in [6.07, 6.45) is 1.59. The second-order valence-corrected chi connectivity index (χ2v) is 7.12. The molecule has 29 heavy (non-hydrogen) atoms. The SMILES string of the molecule is O=C(COc1ccc([C@@H]2CC(=O)Nc3ncnn32)cc1Cl)Nc1ccccc1Cl. The van der Waals surface area contributed by atoms with Gasteiger partial charge in [-0.2, -0.15) is 10.1 Å². The van der Waals surface area contributed by atoms with E-state index in [0.29, 0.717) is 27.4 Å². The number of aromatic nitrogens is 3. The predicted octanol–water partition coefficient (Wildman–Crippen LogP) is 3.53. The third-order valence-electron chi connectivity index (χ3n) is 4.35. The quantitative estimate of drug-likeness (QED) is 0.643. The Bertz CT molecular complexity index is 1090. The number of nitrogens with one attached hydrogen (secondary N) is 2. The standard InChI is InChI=1S/C19H15Cl2N5O3/c20-12-3-1-2-4-14(12)24-18(28)9-29-16-6-5-11(7-13(16)21)15-8-17(27)25-19-22-10-23-26(15)19/h1-7,10,15H,8-9H2,(H,24,28)(H,22,23,25,27)/t15-/m0/s1. The molecule has 0 aliphatic carbocycles. The minimum atomic E-state index is -0.366. The highest BCUT2D eigenvalue weighted by Crippen LogP contribution is 2.33. The van der Waals surface area contributed by atoms with E-state index >= 15 is 0 Å². The van der Waals surface area contributed by atoms with Crippen LogP contribution in [0.2, 0.25) is 10.0 Å². The van der Waals surface area contributed by atoms with Crippen molar-refractivity contribution in [1.29, 1.82) is 0 Å². The van der Waals surface area contributed by atoms with Crippen molar-refractivity contribution < 1.29 is 14.3 Å². The fraction of sp³-hybridized carbons (Fsp3) is 0.158. The molecule has 8 nitrogen and oxygen atoms in total. The molecule has 1 aliphatic rings. The van der Waals surface area contributed by atoms with E-state index in [1.165, 1.54) is 6.33 Å². The molecule has 10 heteroatoms. The van der Waals surface area contributed by atoms with Gasteiger partial charge in [0.25, 0.3) is 5.91 Å². The van der Waals surface area contributed by atoms with Crippen LogP contribution in [0.3, 0.4) is 0 Å². The largest absolute Gasteiger partial charge is 0.482 e. The van der Waals surface area contributed by atoms with Crippen LogP contribution in [0.5, 0.6) is 5.75 Å². The molecule has 0 saturated carbocycles. The Labute approximate surface area is 175 Å². The first-order valence-corrected chi connectivity index (χ1v) is 9.43. The van der Waals surface area contributed by atoms with Gasteiger partial charge in [-0.15, -0.1) is 0 Å². The molecule has 0 spiro atoms. The lowest BCUT2D eigenvalue weighted by molar-refractivity contribution is -0.118. The van der Waals surface area contributed by atoms with E-state index in [-0.39, 0.29) is 30.9 Å².